The summed E-state index contributed by atoms with van der Waals surface area (Å²) >= 11 is 0. The van der Waals surface area contributed by atoms with Gasteiger partial charge in [-0.15, -0.1) is 0 Å². The third kappa shape index (κ3) is 3.32. The highest BCUT2D eigenvalue weighted by Gasteiger charge is 2.15. The summed E-state index contributed by atoms with van der Waals surface area (Å²) in [6.45, 7) is 3.84. The Bertz CT molecular complexity index is 1160. The van der Waals surface area contributed by atoms with Gasteiger partial charge in [-0.2, -0.15) is 5.10 Å². The van der Waals surface area contributed by atoms with E-state index in [-0.39, 0.29) is 5.91 Å². The molecule has 2 aromatic heterocycles. The lowest BCUT2D eigenvalue weighted by atomic mass is 10.1. The highest BCUT2D eigenvalue weighted by atomic mass is 16.5. The molecule has 6 heteroatoms. The number of aryl methyl sites for hydroxylation is 2. The van der Waals surface area contributed by atoms with Gasteiger partial charge in [0.25, 0.3) is 5.91 Å². The molecule has 2 aromatic carbocycles. The lowest BCUT2D eigenvalue weighted by Gasteiger charge is -2.08. The zero-order valence-corrected chi connectivity index (χ0v) is 15.9. The van der Waals surface area contributed by atoms with Gasteiger partial charge in [0, 0.05) is 17.1 Å². The second kappa shape index (κ2) is 7.15. The summed E-state index contributed by atoms with van der Waals surface area (Å²) in [6, 6.07) is 17.5. The maximum atomic E-state index is 12.7. The van der Waals surface area contributed by atoms with Gasteiger partial charge in [0.1, 0.15) is 11.3 Å². The minimum Gasteiger partial charge on any atom is -0.497 e. The van der Waals surface area contributed by atoms with Gasteiger partial charge in [-0.25, -0.2) is 9.50 Å². The van der Waals surface area contributed by atoms with Crippen molar-refractivity contribution >= 4 is 17.2 Å². The Kier molecular flexibility index (Phi) is 4.53. The molecule has 2 heterocycles. The maximum Gasteiger partial charge on any atom is 0.261 e. The molecular weight excluding hydrogens is 352 g/mol. The molecule has 4 rings (SSSR count). The second-order valence-corrected chi connectivity index (χ2v) is 6.60. The van der Waals surface area contributed by atoms with Crippen LogP contribution in [0.1, 0.15) is 21.7 Å². The number of methoxy groups -OCH3 is 1. The number of aromatic nitrogens is 3. The van der Waals surface area contributed by atoms with Gasteiger partial charge in [-0.05, 0) is 55.3 Å². The standard InChI is InChI=1S/C22H20N4O2/c1-14-11-15(2)26-21(24-14)20(13-23-26)22(27)25-18-9-7-16(8-10-18)17-5-4-6-19(12-17)28-3/h4-13H,1-3H3,(H,25,27). The number of nitrogens with zero attached hydrogens (tertiary/aromatic N) is 3. The quantitative estimate of drug-likeness (QED) is 0.581. The Hall–Kier alpha value is -3.67. The van der Waals surface area contributed by atoms with Crippen LogP contribution in [0.25, 0.3) is 16.8 Å². The van der Waals surface area contributed by atoms with Crippen LogP contribution in [0, 0.1) is 13.8 Å². The van der Waals surface area contributed by atoms with Gasteiger partial charge in [-0.1, -0.05) is 24.3 Å². The smallest absolute Gasteiger partial charge is 0.261 e. The van der Waals surface area contributed by atoms with Crippen LogP contribution in [0.4, 0.5) is 5.69 Å². The summed E-state index contributed by atoms with van der Waals surface area (Å²) in [7, 11) is 1.65. The molecule has 140 valence electrons. The highest BCUT2D eigenvalue weighted by molar-refractivity contribution is 6.08. The van der Waals surface area contributed by atoms with Gasteiger partial charge in [-0.3, -0.25) is 4.79 Å². The first-order chi connectivity index (χ1) is 13.5. The summed E-state index contributed by atoms with van der Waals surface area (Å²) in [5.41, 5.74) is 5.59. The summed E-state index contributed by atoms with van der Waals surface area (Å²) in [5.74, 6) is 0.572. The predicted octanol–water partition coefficient (Wildman–Crippen LogP) is 4.27. The molecule has 0 atom stereocenters. The summed E-state index contributed by atoms with van der Waals surface area (Å²) < 4.78 is 6.95. The summed E-state index contributed by atoms with van der Waals surface area (Å²) in [4.78, 5) is 17.2. The van der Waals surface area contributed by atoms with Crippen molar-refractivity contribution in [3.8, 4) is 16.9 Å². The minimum atomic E-state index is -0.235. The Balaban J connectivity index is 1.57. The van der Waals surface area contributed by atoms with Crippen LogP contribution in [-0.4, -0.2) is 27.6 Å². The van der Waals surface area contributed by atoms with E-state index in [4.69, 9.17) is 4.74 Å². The van der Waals surface area contributed by atoms with Crippen LogP contribution in [0.2, 0.25) is 0 Å². The molecule has 4 aromatic rings. The van der Waals surface area contributed by atoms with E-state index < -0.39 is 0 Å². The van der Waals surface area contributed by atoms with Gasteiger partial charge < -0.3 is 10.1 Å². The van der Waals surface area contributed by atoms with Crippen molar-refractivity contribution in [3.05, 3.63) is 77.7 Å². The molecule has 6 nitrogen and oxygen atoms in total. The molecular formula is C22H20N4O2. The number of amides is 1. The fourth-order valence-electron chi connectivity index (χ4n) is 3.18. The maximum absolute atomic E-state index is 12.7. The Morgan fingerprint density at radius 3 is 2.57 bits per heavy atom. The average Bonchev–Trinajstić information content (AvgIpc) is 3.13. The fraction of sp³-hybridized carbons (Fsp3) is 0.136. The minimum absolute atomic E-state index is 0.235. The largest absolute Gasteiger partial charge is 0.497 e. The number of nitrogens with one attached hydrogen (secondary N) is 1. The lowest BCUT2D eigenvalue weighted by molar-refractivity contribution is 0.102. The van der Waals surface area contributed by atoms with Gasteiger partial charge in [0.05, 0.1) is 13.3 Å². The van der Waals surface area contributed by atoms with E-state index in [0.717, 1.165) is 28.3 Å². The van der Waals surface area contributed by atoms with Crippen LogP contribution >= 0.6 is 0 Å². The number of hydrogen-bond acceptors (Lipinski definition) is 4. The van der Waals surface area contributed by atoms with E-state index in [1.807, 2.05) is 68.4 Å². The van der Waals surface area contributed by atoms with Crippen LogP contribution in [-0.2, 0) is 0 Å². The number of benzene rings is 2. The Morgan fingerprint density at radius 2 is 1.82 bits per heavy atom. The molecule has 0 spiro atoms. The summed E-state index contributed by atoms with van der Waals surface area (Å²) in [5, 5.41) is 7.19. The lowest BCUT2D eigenvalue weighted by Crippen LogP contribution is -2.12. The average molecular weight is 372 g/mol. The number of carbonyl (C=O) groups excluding carboxylic acids is 1. The molecule has 0 bridgehead atoms. The van der Waals surface area contributed by atoms with E-state index in [0.29, 0.717) is 16.9 Å². The van der Waals surface area contributed by atoms with Crippen molar-refractivity contribution in [2.45, 2.75) is 13.8 Å². The molecule has 1 amide bonds. The molecule has 0 aliphatic heterocycles. The van der Waals surface area contributed by atoms with Crippen LogP contribution in [0.5, 0.6) is 5.75 Å². The molecule has 0 aliphatic rings. The number of fused-ring (bicyclic) bond motifs is 1. The monoisotopic (exact) mass is 372 g/mol. The third-order valence-electron chi connectivity index (χ3n) is 4.57. The van der Waals surface area contributed by atoms with Gasteiger partial charge in [0.15, 0.2) is 5.65 Å². The Labute approximate surface area is 162 Å². The first kappa shape index (κ1) is 17.7. The van der Waals surface area contributed by atoms with E-state index in [9.17, 15) is 4.79 Å². The predicted molar refractivity (Wildman–Crippen MR) is 109 cm³/mol. The van der Waals surface area contributed by atoms with Crippen LogP contribution < -0.4 is 10.1 Å². The SMILES string of the molecule is COc1cccc(-c2ccc(NC(=O)c3cnn4c(C)cc(C)nc34)cc2)c1. The van der Waals surface area contributed by atoms with Crippen molar-refractivity contribution < 1.29 is 9.53 Å². The normalized spacial score (nSPS) is 10.8. The number of rotatable bonds is 4. The number of carbonyl (C=O) groups is 1. The molecule has 0 unspecified atom stereocenters. The highest BCUT2D eigenvalue weighted by Crippen LogP contribution is 2.25. The number of hydrogen-bond donors (Lipinski definition) is 1. The third-order valence-corrected chi connectivity index (χ3v) is 4.57. The molecule has 0 saturated carbocycles. The summed E-state index contributed by atoms with van der Waals surface area (Å²) in [6.07, 6.45) is 1.55. The molecule has 0 saturated heterocycles. The zero-order valence-electron chi connectivity index (χ0n) is 15.9. The number of ether oxygens (including phenoxy) is 1. The van der Waals surface area contributed by atoms with E-state index >= 15 is 0 Å². The first-order valence-electron chi connectivity index (χ1n) is 8.93. The van der Waals surface area contributed by atoms with E-state index in [1.54, 1.807) is 17.8 Å². The molecule has 0 aliphatic carbocycles. The van der Waals surface area contributed by atoms with Gasteiger partial charge >= 0.3 is 0 Å². The first-order valence-corrected chi connectivity index (χ1v) is 8.93. The molecule has 1 N–H and O–H groups in total. The van der Waals surface area contributed by atoms with Crippen molar-refractivity contribution in [1.82, 2.24) is 14.6 Å². The van der Waals surface area contributed by atoms with Crippen LogP contribution in [0.3, 0.4) is 0 Å². The van der Waals surface area contributed by atoms with Crippen molar-refractivity contribution in [2.24, 2.45) is 0 Å². The molecule has 28 heavy (non-hydrogen) atoms. The Morgan fingerprint density at radius 1 is 1.04 bits per heavy atom. The van der Waals surface area contributed by atoms with Gasteiger partial charge in [0.2, 0.25) is 0 Å². The molecule has 0 radical (unpaired) electrons. The second-order valence-electron chi connectivity index (χ2n) is 6.60. The topological polar surface area (TPSA) is 68.5 Å². The fourth-order valence-corrected chi connectivity index (χ4v) is 3.18. The number of anilines is 1. The van der Waals surface area contributed by atoms with E-state index in [1.165, 1.54) is 0 Å². The molecule has 0 fully saturated rings. The van der Waals surface area contributed by atoms with E-state index in [2.05, 4.69) is 15.4 Å². The van der Waals surface area contributed by atoms with Crippen molar-refractivity contribution in [2.75, 3.05) is 12.4 Å². The van der Waals surface area contributed by atoms with Crippen molar-refractivity contribution in [3.63, 3.8) is 0 Å². The van der Waals surface area contributed by atoms with Crippen molar-refractivity contribution in [1.29, 1.82) is 0 Å². The zero-order chi connectivity index (χ0) is 19.7. The van der Waals surface area contributed by atoms with Crippen LogP contribution in [0.15, 0.2) is 60.8 Å².